The molecule has 0 aliphatic heterocycles. The molecule has 7 nitrogen and oxygen atoms in total. The zero-order chi connectivity index (χ0) is 30.9. The molecular formula is C34H53KO7S. The van der Waals surface area contributed by atoms with E-state index >= 15 is 0 Å². The van der Waals surface area contributed by atoms with Crippen LogP contribution in [0, 0.1) is 0 Å². The molecule has 0 bridgehead atoms. The zero-order valence-electron chi connectivity index (χ0n) is 26.9. The van der Waals surface area contributed by atoms with Crippen molar-refractivity contribution < 1.29 is 83.4 Å². The maximum absolute atomic E-state index is 12.7. The normalized spacial score (nSPS) is 11.6. The second kappa shape index (κ2) is 27.5. The third-order valence-electron chi connectivity index (χ3n) is 7.21. The molecule has 1 aromatic carbocycles. The number of rotatable bonds is 25. The molecule has 0 aliphatic rings. The minimum atomic E-state index is -4.83. The van der Waals surface area contributed by atoms with Crippen molar-refractivity contribution >= 4 is 22.1 Å². The smallest absolute Gasteiger partial charge is 0.744 e. The second-order valence-corrected chi connectivity index (χ2v) is 12.3. The van der Waals surface area contributed by atoms with Crippen molar-refractivity contribution in [1.29, 1.82) is 0 Å². The number of esters is 2. The van der Waals surface area contributed by atoms with Crippen LogP contribution in [0.3, 0.4) is 0 Å². The maximum Gasteiger partial charge on any atom is 1.00 e. The van der Waals surface area contributed by atoms with E-state index in [9.17, 15) is 22.6 Å². The molecule has 43 heavy (non-hydrogen) atoms. The zero-order valence-corrected chi connectivity index (χ0v) is 30.9. The number of hydrogen-bond donors (Lipinski definition) is 0. The van der Waals surface area contributed by atoms with Crippen LogP contribution in [0.2, 0.25) is 0 Å². The fourth-order valence-corrected chi connectivity index (χ4v) is 5.15. The van der Waals surface area contributed by atoms with Crippen LogP contribution in [0.1, 0.15) is 163 Å². The number of ether oxygens (including phenoxy) is 2. The Morgan fingerprint density at radius 2 is 1.00 bits per heavy atom. The molecule has 0 unspecified atom stereocenters. The number of carbonyl (C=O) groups excluding carboxylic acids is 2. The summed E-state index contributed by atoms with van der Waals surface area (Å²) in [7, 11) is -4.83. The van der Waals surface area contributed by atoms with E-state index in [1.807, 2.05) is 0 Å². The van der Waals surface area contributed by atoms with Crippen LogP contribution in [0.5, 0.6) is 0 Å². The van der Waals surface area contributed by atoms with Crippen LogP contribution < -0.4 is 51.4 Å². The number of allylic oxidation sites excluding steroid dienone is 2. The van der Waals surface area contributed by atoms with Gasteiger partial charge in [0.25, 0.3) is 0 Å². The van der Waals surface area contributed by atoms with Crippen LogP contribution >= 0.6 is 0 Å². The Bertz CT molecular complexity index is 1050. The van der Waals surface area contributed by atoms with E-state index in [0.29, 0.717) is 0 Å². The Kier molecular flexibility index (Phi) is 27.0. The van der Waals surface area contributed by atoms with Crippen LogP contribution in [-0.4, -0.2) is 24.9 Å². The van der Waals surface area contributed by atoms with E-state index in [0.717, 1.165) is 56.7 Å². The largest absolute Gasteiger partial charge is 1.00 e. The summed E-state index contributed by atoms with van der Waals surface area (Å²) in [5.41, 5.74) is -0.510. The Balaban J connectivity index is 0.0000176. The van der Waals surface area contributed by atoms with Gasteiger partial charge in [-0.1, -0.05) is 117 Å². The van der Waals surface area contributed by atoms with Gasteiger partial charge in [0.15, 0.2) is 0 Å². The van der Waals surface area contributed by atoms with Crippen LogP contribution in [0.15, 0.2) is 47.8 Å². The molecule has 0 radical (unpaired) electrons. The first-order valence-electron chi connectivity index (χ1n) is 16.1. The molecule has 0 aromatic heterocycles. The fourth-order valence-electron chi connectivity index (χ4n) is 4.65. The minimum Gasteiger partial charge on any atom is -0.744 e. The summed E-state index contributed by atoms with van der Waals surface area (Å²) in [6, 6.07) is 2.95. The fraction of sp³-hybridized carbons (Fsp3) is 0.647. The average molecular weight is 645 g/mol. The monoisotopic (exact) mass is 644 g/mol. The summed E-state index contributed by atoms with van der Waals surface area (Å²) in [5.74, 6) is -1.77. The van der Waals surface area contributed by atoms with E-state index in [-0.39, 0.29) is 62.5 Å². The van der Waals surface area contributed by atoms with Crippen molar-refractivity contribution in [2.75, 3.05) is 0 Å². The third-order valence-corrected chi connectivity index (χ3v) is 8.04. The van der Waals surface area contributed by atoms with Crippen LogP contribution in [0.4, 0.5) is 0 Å². The first-order valence-corrected chi connectivity index (χ1v) is 17.5. The van der Waals surface area contributed by atoms with Crippen molar-refractivity contribution in [3.63, 3.8) is 0 Å². The van der Waals surface area contributed by atoms with E-state index in [4.69, 9.17) is 9.47 Å². The first kappa shape index (κ1) is 42.2. The quantitative estimate of drug-likeness (QED) is 0.0380. The molecule has 1 rings (SSSR count). The number of hydrogen-bond acceptors (Lipinski definition) is 7. The molecule has 0 atom stereocenters. The van der Waals surface area contributed by atoms with E-state index in [2.05, 4.69) is 13.8 Å². The van der Waals surface area contributed by atoms with Crippen LogP contribution in [0.25, 0.3) is 0 Å². The maximum atomic E-state index is 12.7. The number of unbranched alkanes of at least 4 members (excludes halogenated alkanes) is 18. The van der Waals surface area contributed by atoms with Gasteiger partial charge in [-0.15, -0.1) is 0 Å². The molecule has 0 amide bonds. The first-order chi connectivity index (χ1) is 20.3. The van der Waals surface area contributed by atoms with Gasteiger partial charge in [0.1, 0.15) is 10.1 Å². The van der Waals surface area contributed by atoms with Gasteiger partial charge >= 0.3 is 63.3 Å². The van der Waals surface area contributed by atoms with Gasteiger partial charge in [0.2, 0.25) is 0 Å². The van der Waals surface area contributed by atoms with E-state index in [1.165, 1.54) is 102 Å². The number of carbonyl (C=O) groups is 2. The predicted molar refractivity (Wildman–Crippen MR) is 167 cm³/mol. The Morgan fingerprint density at radius 1 is 0.628 bits per heavy atom. The molecule has 0 heterocycles. The summed E-state index contributed by atoms with van der Waals surface area (Å²) < 4.78 is 44.8. The van der Waals surface area contributed by atoms with E-state index in [1.54, 1.807) is 12.2 Å². The number of benzene rings is 1. The Morgan fingerprint density at radius 3 is 1.40 bits per heavy atom. The minimum absolute atomic E-state index is 0. The predicted octanol–water partition coefficient (Wildman–Crippen LogP) is 6.78. The summed E-state index contributed by atoms with van der Waals surface area (Å²) >= 11 is 0. The Labute approximate surface area is 303 Å². The van der Waals surface area contributed by atoms with Crippen molar-refractivity contribution in [2.24, 2.45) is 0 Å². The topological polar surface area (TPSA) is 110 Å². The summed E-state index contributed by atoms with van der Waals surface area (Å²) in [4.78, 5) is 24.8. The average Bonchev–Trinajstić information content (AvgIpc) is 2.97. The Hall–Kier alpha value is -0.814. The molecule has 0 spiro atoms. The molecule has 0 aliphatic carbocycles. The molecule has 0 saturated heterocycles. The molecule has 0 N–H and O–H groups in total. The molecule has 0 fully saturated rings. The van der Waals surface area contributed by atoms with Crippen molar-refractivity contribution in [3.8, 4) is 0 Å². The molecule has 238 valence electrons. The molecule has 9 heteroatoms. The third kappa shape index (κ3) is 21.5. The van der Waals surface area contributed by atoms with Crippen molar-refractivity contribution in [2.45, 2.75) is 147 Å². The van der Waals surface area contributed by atoms with Crippen molar-refractivity contribution in [1.82, 2.24) is 0 Å². The molecule has 0 saturated carbocycles. The van der Waals surface area contributed by atoms with Gasteiger partial charge in [-0.3, -0.25) is 0 Å². The summed E-state index contributed by atoms with van der Waals surface area (Å²) in [6.45, 7) is 4.43. The van der Waals surface area contributed by atoms with Gasteiger partial charge in [0, 0.05) is 0 Å². The van der Waals surface area contributed by atoms with Gasteiger partial charge in [0.05, 0.1) is 28.5 Å². The second-order valence-electron chi connectivity index (χ2n) is 10.9. The van der Waals surface area contributed by atoms with Crippen LogP contribution in [-0.2, 0) is 19.6 Å². The summed E-state index contributed by atoms with van der Waals surface area (Å²) in [6.07, 6.45) is 29.4. The van der Waals surface area contributed by atoms with Crippen molar-refractivity contribution in [3.05, 3.63) is 54.0 Å². The van der Waals surface area contributed by atoms with Gasteiger partial charge in [-0.05, 0) is 56.0 Å². The standard InChI is InChI=1S/C34H54O7S.K/c1-3-5-7-9-11-13-15-17-19-21-23-27-40-33(35)31-26-25-30(42(37,38)39)29-32(31)34(36)41-28-24-22-20-18-16-14-12-10-8-6-4-2;/h23-29H,3-22H2,1-2H3,(H,37,38,39);/q;+1/p-1/b27-23+,28-24+;. The van der Waals surface area contributed by atoms with E-state index < -0.39 is 27.0 Å². The molecular weight excluding hydrogens is 592 g/mol. The summed E-state index contributed by atoms with van der Waals surface area (Å²) in [5, 5.41) is 0. The van der Waals surface area contributed by atoms with Gasteiger partial charge in [-0.25, -0.2) is 18.0 Å². The molecule has 1 aromatic rings. The van der Waals surface area contributed by atoms with Gasteiger partial charge in [-0.2, -0.15) is 0 Å². The van der Waals surface area contributed by atoms with Gasteiger partial charge < -0.3 is 14.0 Å². The SMILES string of the molecule is CCCCCCCCCCC/C=C/OC(=O)c1ccc(S(=O)(=O)[O-])cc1C(=O)O/C=C/CCCCCCCCCCC.[K+].